The van der Waals surface area contributed by atoms with Gasteiger partial charge in [-0.2, -0.15) is 0 Å². The van der Waals surface area contributed by atoms with Crippen molar-refractivity contribution in [2.75, 3.05) is 25.1 Å². The Labute approximate surface area is 190 Å². The van der Waals surface area contributed by atoms with E-state index in [0.29, 0.717) is 59.8 Å². The fourth-order valence-corrected chi connectivity index (χ4v) is 3.60. The minimum Gasteiger partial charge on any atom is -0.494 e. The molecule has 33 heavy (non-hydrogen) atoms. The molecule has 5 rings (SSSR count). The van der Waals surface area contributed by atoms with E-state index in [9.17, 15) is 4.79 Å². The molecule has 1 aliphatic heterocycles. The molecule has 0 unspecified atom stereocenters. The van der Waals surface area contributed by atoms with Crippen molar-refractivity contribution in [3.05, 3.63) is 78.5 Å². The zero-order valence-electron chi connectivity index (χ0n) is 18.0. The zero-order valence-corrected chi connectivity index (χ0v) is 18.0. The molecule has 1 N–H and O–H groups in total. The Morgan fingerprint density at radius 1 is 1.00 bits per heavy atom. The Bertz CT molecular complexity index is 1280. The van der Waals surface area contributed by atoms with Crippen LogP contribution in [0.15, 0.2) is 77.3 Å². The molecule has 3 aromatic carbocycles. The summed E-state index contributed by atoms with van der Waals surface area (Å²) in [6.07, 6.45) is 1.65. The van der Waals surface area contributed by atoms with Gasteiger partial charge in [-0.1, -0.05) is 12.1 Å². The Morgan fingerprint density at radius 2 is 1.79 bits per heavy atom. The van der Waals surface area contributed by atoms with Crippen molar-refractivity contribution in [3.63, 3.8) is 0 Å². The number of nitrogens with zero attached hydrogens (tertiary/aromatic N) is 1. The monoisotopic (exact) mass is 442 g/mol. The third kappa shape index (κ3) is 4.39. The number of oxazole rings is 1. The molecule has 0 bridgehead atoms. The number of carbonyl (C=O) groups is 1. The van der Waals surface area contributed by atoms with Gasteiger partial charge in [-0.15, -0.1) is 0 Å². The number of aromatic nitrogens is 1. The molecule has 0 spiro atoms. The van der Waals surface area contributed by atoms with Gasteiger partial charge in [0.1, 0.15) is 19.0 Å². The van der Waals surface area contributed by atoms with E-state index >= 15 is 0 Å². The summed E-state index contributed by atoms with van der Waals surface area (Å²) >= 11 is 0. The molecule has 0 radical (unpaired) electrons. The van der Waals surface area contributed by atoms with E-state index in [4.69, 9.17) is 18.6 Å². The number of hydrogen-bond donors (Lipinski definition) is 1. The van der Waals surface area contributed by atoms with E-state index < -0.39 is 0 Å². The van der Waals surface area contributed by atoms with Gasteiger partial charge in [0.2, 0.25) is 5.89 Å². The molecule has 0 atom stereocenters. The summed E-state index contributed by atoms with van der Waals surface area (Å²) < 4.78 is 22.6. The highest BCUT2D eigenvalue weighted by Crippen LogP contribution is 2.33. The lowest BCUT2D eigenvalue weighted by atomic mass is 10.1. The van der Waals surface area contributed by atoms with Crippen LogP contribution in [0, 0.1) is 0 Å². The van der Waals surface area contributed by atoms with Crippen LogP contribution in [0.4, 0.5) is 5.69 Å². The Kier molecular flexibility index (Phi) is 5.68. The SMILES string of the molecule is CCOc1ccc(-c2cnc(-c3ccccc3C(=O)Nc3ccc4c(c3)OCCO4)o2)cc1. The van der Waals surface area contributed by atoms with Crippen LogP contribution in [-0.2, 0) is 0 Å². The number of ether oxygens (including phenoxy) is 3. The van der Waals surface area contributed by atoms with Crippen molar-refractivity contribution in [2.45, 2.75) is 6.92 Å². The number of nitrogens with one attached hydrogen (secondary N) is 1. The molecule has 4 aromatic rings. The largest absolute Gasteiger partial charge is 0.494 e. The summed E-state index contributed by atoms with van der Waals surface area (Å²) in [5, 5.41) is 2.92. The van der Waals surface area contributed by atoms with E-state index in [1.54, 1.807) is 36.5 Å². The van der Waals surface area contributed by atoms with Crippen molar-refractivity contribution >= 4 is 11.6 Å². The van der Waals surface area contributed by atoms with Crippen LogP contribution in [0.1, 0.15) is 17.3 Å². The number of hydrogen-bond acceptors (Lipinski definition) is 6. The van der Waals surface area contributed by atoms with E-state index in [2.05, 4.69) is 10.3 Å². The number of amides is 1. The first-order valence-corrected chi connectivity index (χ1v) is 10.7. The molecule has 1 aromatic heterocycles. The highest BCUT2D eigenvalue weighted by atomic mass is 16.6. The molecule has 1 amide bonds. The molecule has 1 aliphatic rings. The lowest BCUT2D eigenvalue weighted by Gasteiger charge is -2.19. The average Bonchev–Trinajstić information content (AvgIpc) is 3.35. The van der Waals surface area contributed by atoms with E-state index in [0.717, 1.165) is 11.3 Å². The molecule has 166 valence electrons. The molecule has 0 fully saturated rings. The van der Waals surface area contributed by atoms with Crippen LogP contribution < -0.4 is 19.5 Å². The van der Waals surface area contributed by atoms with Crippen LogP contribution in [0.25, 0.3) is 22.8 Å². The third-order valence-electron chi connectivity index (χ3n) is 5.16. The maximum atomic E-state index is 13.1. The van der Waals surface area contributed by atoms with Gasteiger partial charge in [-0.25, -0.2) is 4.98 Å². The summed E-state index contributed by atoms with van der Waals surface area (Å²) in [7, 11) is 0. The van der Waals surface area contributed by atoms with Crippen LogP contribution in [-0.4, -0.2) is 30.7 Å². The van der Waals surface area contributed by atoms with E-state index in [-0.39, 0.29) is 5.91 Å². The minimum atomic E-state index is -0.275. The van der Waals surface area contributed by atoms with E-state index in [1.165, 1.54) is 0 Å². The number of anilines is 1. The predicted molar refractivity (Wildman–Crippen MR) is 124 cm³/mol. The van der Waals surface area contributed by atoms with Crippen molar-refractivity contribution in [1.29, 1.82) is 0 Å². The first-order valence-electron chi connectivity index (χ1n) is 10.7. The van der Waals surface area contributed by atoms with Gasteiger partial charge < -0.3 is 23.9 Å². The minimum absolute atomic E-state index is 0.275. The van der Waals surface area contributed by atoms with Crippen LogP contribution in [0.5, 0.6) is 17.2 Å². The molecule has 2 heterocycles. The summed E-state index contributed by atoms with van der Waals surface area (Å²) in [6, 6.07) is 20.1. The topological polar surface area (TPSA) is 82.8 Å². The van der Waals surface area contributed by atoms with Crippen molar-refractivity contribution in [3.8, 4) is 40.0 Å². The molecular weight excluding hydrogens is 420 g/mol. The maximum Gasteiger partial charge on any atom is 0.256 e. The van der Waals surface area contributed by atoms with Crippen LogP contribution >= 0.6 is 0 Å². The Hall–Kier alpha value is -4.26. The highest BCUT2D eigenvalue weighted by molar-refractivity contribution is 6.08. The maximum absolute atomic E-state index is 13.1. The summed E-state index contributed by atoms with van der Waals surface area (Å²) in [5.74, 6) is 2.77. The number of rotatable bonds is 6. The van der Waals surface area contributed by atoms with Crippen molar-refractivity contribution < 1.29 is 23.4 Å². The lowest BCUT2D eigenvalue weighted by molar-refractivity contribution is 0.102. The van der Waals surface area contributed by atoms with Gasteiger partial charge in [-0.05, 0) is 55.5 Å². The van der Waals surface area contributed by atoms with Crippen molar-refractivity contribution in [1.82, 2.24) is 4.98 Å². The van der Waals surface area contributed by atoms with Crippen molar-refractivity contribution in [2.24, 2.45) is 0 Å². The van der Waals surface area contributed by atoms with Gasteiger partial charge in [0.05, 0.1) is 18.4 Å². The second-order valence-electron chi connectivity index (χ2n) is 7.35. The number of benzene rings is 3. The first kappa shape index (κ1) is 20.6. The fraction of sp³-hybridized carbons (Fsp3) is 0.154. The smallest absolute Gasteiger partial charge is 0.256 e. The molecule has 0 saturated heterocycles. The van der Waals surface area contributed by atoms with Gasteiger partial charge in [-0.3, -0.25) is 4.79 Å². The van der Waals surface area contributed by atoms with Gasteiger partial charge >= 0.3 is 0 Å². The number of fused-ring (bicyclic) bond motifs is 1. The summed E-state index contributed by atoms with van der Waals surface area (Å²) in [4.78, 5) is 17.5. The standard InChI is InChI=1S/C26H22N2O5/c1-2-30-19-10-7-17(8-11-19)24-16-27-26(33-24)21-6-4-3-5-20(21)25(29)28-18-9-12-22-23(15-18)32-14-13-31-22/h3-12,15-16H,2,13-14H2,1H3,(H,28,29). The normalized spacial score (nSPS) is 12.3. The van der Waals surface area contributed by atoms with Gasteiger partial charge in [0.15, 0.2) is 17.3 Å². The molecule has 0 aliphatic carbocycles. The average molecular weight is 442 g/mol. The van der Waals surface area contributed by atoms with Crippen LogP contribution in [0.3, 0.4) is 0 Å². The predicted octanol–water partition coefficient (Wildman–Crippen LogP) is 5.43. The zero-order chi connectivity index (χ0) is 22.6. The molecule has 7 heteroatoms. The molecule has 0 saturated carbocycles. The molecular formula is C26H22N2O5. The number of carbonyl (C=O) groups excluding carboxylic acids is 1. The highest BCUT2D eigenvalue weighted by Gasteiger charge is 2.18. The Morgan fingerprint density at radius 3 is 2.61 bits per heavy atom. The fourth-order valence-electron chi connectivity index (χ4n) is 3.60. The second kappa shape index (κ2) is 9.08. The second-order valence-corrected chi connectivity index (χ2v) is 7.35. The van der Waals surface area contributed by atoms with Gasteiger partial charge in [0.25, 0.3) is 5.91 Å². The quantitative estimate of drug-likeness (QED) is 0.429. The first-order chi connectivity index (χ1) is 16.2. The van der Waals surface area contributed by atoms with Gasteiger partial charge in [0, 0.05) is 22.9 Å². The third-order valence-corrected chi connectivity index (χ3v) is 5.16. The van der Waals surface area contributed by atoms with Crippen LogP contribution in [0.2, 0.25) is 0 Å². The summed E-state index contributed by atoms with van der Waals surface area (Å²) in [6.45, 7) is 3.55. The molecule has 7 nitrogen and oxygen atoms in total. The summed E-state index contributed by atoms with van der Waals surface area (Å²) in [5.41, 5.74) is 2.54. The lowest BCUT2D eigenvalue weighted by Crippen LogP contribution is -2.16. The van der Waals surface area contributed by atoms with E-state index in [1.807, 2.05) is 43.3 Å². The Balaban J connectivity index is 1.38.